The van der Waals surface area contributed by atoms with Gasteiger partial charge in [-0.3, -0.25) is 13.9 Å². The smallest absolute Gasteiger partial charge is 0.264 e. The summed E-state index contributed by atoms with van der Waals surface area (Å²) in [6, 6.07) is 15.5. The number of rotatable bonds is 13. The second-order valence-corrected chi connectivity index (χ2v) is 11.3. The highest BCUT2D eigenvalue weighted by Gasteiger charge is 2.33. The number of sulfonamides is 1. The van der Waals surface area contributed by atoms with E-state index in [4.69, 9.17) is 9.47 Å². The summed E-state index contributed by atoms with van der Waals surface area (Å²) in [6.45, 7) is 5.15. The van der Waals surface area contributed by atoms with Crippen molar-refractivity contribution in [1.29, 1.82) is 0 Å². The number of halogens is 1. The van der Waals surface area contributed by atoms with Crippen LogP contribution in [0.1, 0.15) is 31.4 Å². The summed E-state index contributed by atoms with van der Waals surface area (Å²) in [7, 11) is -1.45. The Labute approximate surface area is 240 Å². The molecule has 0 saturated carbocycles. The molecule has 220 valence electrons. The van der Waals surface area contributed by atoms with E-state index in [1.54, 1.807) is 31.2 Å². The van der Waals surface area contributed by atoms with Crippen molar-refractivity contribution < 1.29 is 31.9 Å². The number of methoxy groups -OCH3 is 2. The van der Waals surface area contributed by atoms with Gasteiger partial charge in [0.15, 0.2) is 11.5 Å². The molecule has 11 heteroatoms. The average molecular weight is 586 g/mol. The maximum atomic E-state index is 14.0. The summed E-state index contributed by atoms with van der Waals surface area (Å²) in [5.74, 6) is -0.873. The van der Waals surface area contributed by atoms with Gasteiger partial charge in [0.2, 0.25) is 11.8 Å². The molecule has 0 fully saturated rings. The number of aryl methyl sites for hydroxylation is 1. The van der Waals surface area contributed by atoms with Gasteiger partial charge in [0.1, 0.15) is 18.4 Å². The predicted octanol–water partition coefficient (Wildman–Crippen LogP) is 4.29. The van der Waals surface area contributed by atoms with Crippen LogP contribution in [0.15, 0.2) is 71.6 Å². The Hall–Kier alpha value is -4.12. The lowest BCUT2D eigenvalue weighted by atomic mass is 10.1. The zero-order valence-electron chi connectivity index (χ0n) is 23.9. The van der Waals surface area contributed by atoms with Crippen molar-refractivity contribution in [2.24, 2.45) is 0 Å². The molecule has 3 aromatic rings. The van der Waals surface area contributed by atoms with Gasteiger partial charge in [0.25, 0.3) is 10.0 Å². The molecule has 0 spiro atoms. The lowest BCUT2D eigenvalue weighted by Crippen LogP contribution is -2.51. The Morgan fingerprint density at radius 3 is 2.17 bits per heavy atom. The standard InChI is InChI=1S/C30H36FN3O6S/c1-6-17-32-30(36)22(3)33(19-23-9-11-24(31)12-10-23)29(35)20-34(25-13-7-21(2)8-14-25)41(37,38)26-15-16-27(39-4)28(18-26)40-5/h7-16,18,22H,6,17,19-20H2,1-5H3,(H,32,36)/t22-/m1/s1. The van der Waals surface area contributed by atoms with Crippen LogP contribution in [0.3, 0.4) is 0 Å². The van der Waals surface area contributed by atoms with Crippen LogP contribution in [0, 0.1) is 12.7 Å². The van der Waals surface area contributed by atoms with Crippen LogP contribution in [0.25, 0.3) is 0 Å². The molecule has 0 radical (unpaired) electrons. The van der Waals surface area contributed by atoms with Gasteiger partial charge in [-0.15, -0.1) is 0 Å². The highest BCUT2D eigenvalue weighted by atomic mass is 32.2. The van der Waals surface area contributed by atoms with Gasteiger partial charge < -0.3 is 19.7 Å². The topological polar surface area (TPSA) is 105 Å². The number of carbonyl (C=O) groups is 2. The minimum Gasteiger partial charge on any atom is -0.493 e. The summed E-state index contributed by atoms with van der Waals surface area (Å²) >= 11 is 0. The molecule has 0 saturated heterocycles. The summed E-state index contributed by atoms with van der Waals surface area (Å²) in [4.78, 5) is 28.0. The van der Waals surface area contributed by atoms with Gasteiger partial charge in [-0.2, -0.15) is 0 Å². The summed E-state index contributed by atoms with van der Waals surface area (Å²) in [6.07, 6.45) is 0.704. The highest BCUT2D eigenvalue weighted by molar-refractivity contribution is 7.92. The summed E-state index contributed by atoms with van der Waals surface area (Å²) in [5, 5.41) is 2.78. The maximum absolute atomic E-state index is 14.0. The number of hydrogen-bond donors (Lipinski definition) is 1. The predicted molar refractivity (Wildman–Crippen MR) is 155 cm³/mol. The van der Waals surface area contributed by atoms with Crippen LogP contribution < -0.4 is 19.1 Å². The lowest BCUT2D eigenvalue weighted by molar-refractivity contribution is -0.139. The largest absolute Gasteiger partial charge is 0.493 e. The minimum absolute atomic E-state index is 0.0298. The second kappa shape index (κ2) is 14.0. The monoisotopic (exact) mass is 585 g/mol. The van der Waals surface area contributed by atoms with E-state index >= 15 is 0 Å². The van der Waals surface area contributed by atoms with Crippen molar-refractivity contribution >= 4 is 27.5 Å². The van der Waals surface area contributed by atoms with E-state index in [0.29, 0.717) is 24.3 Å². The maximum Gasteiger partial charge on any atom is 0.264 e. The third-order valence-corrected chi connectivity index (χ3v) is 8.30. The SMILES string of the molecule is CCCNC(=O)[C@@H](C)N(Cc1ccc(F)cc1)C(=O)CN(c1ccc(C)cc1)S(=O)(=O)c1ccc(OC)c(OC)c1. The first-order chi connectivity index (χ1) is 19.5. The van der Waals surface area contributed by atoms with E-state index < -0.39 is 34.3 Å². The van der Waals surface area contributed by atoms with Crippen LogP contribution >= 0.6 is 0 Å². The number of anilines is 1. The van der Waals surface area contributed by atoms with Crippen molar-refractivity contribution in [3.63, 3.8) is 0 Å². The number of benzene rings is 3. The fourth-order valence-electron chi connectivity index (χ4n) is 4.11. The normalized spacial score (nSPS) is 11.9. The first kappa shape index (κ1) is 31.4. The number of ether oxygens (including phenoxy) is 2. The second-order valence-electron chi connectivity index (χ2n) is 9.48. The van der Waals surface area contributed by atoms with E-state index in [2.05, 4.69) is 5.32 Å². The molecule has 0 bridgehead atoms. The number of carbonyl (C=O) groups excluding carboxylic acids is 2. The van der Waals surface area contributed by atoms with E-state index in [0.717, 1.165) is 9.87 Å². The van der Waals surface area contributed by atoms with Gasteiger partial charge in [0, 0.05) is 19.2 Å². The fourth-order valence-corrected chi connectivity index (χ4v) is 5.54. The van der Waals surface area contributed by atoms with Crippen molar-refractivity contribution in [3.05, 3.63) is 83.7 Å². The van der Waals surface area contributed by atoms with Crippen molar-refractivity contribution in [2.45, 2.75) is 44.7 Å². The molecule has 0 aliphatic heterocycles. The van der Waals surface area contributed by atoms with E-state index in [1.165, 1.54) is 61.6 Å². The van der Waals surface area contributed by atoms with Gasteiger partial charge in [-0.25, -0.2) is 12.8 Å². The Bertz CT molecular complexity index is 1450. The van der Waals surface area contributed by atoms with E-state index in [1.807, 2.05) is 13.8 Å². The first-order valence-electron chi connectivity index (χ1n) is 13.1. The Morgan fingerprint density at radius 2 is 1.59 bits per heavy atom. The Morgan fingerprint density at radius 1 is 0.951 bits per heavy atom. The number of amides is 2. The zero-order chi connectivity index (χ0) is 30.2. The molecule has 1 atom stereocenters. The molecule has 0 aliphatic rings. The average Bonchev–Trinajstić information content (AvgIpc) is 2.97. The molecule has 3 rings (SSSR count). The van der Waals surface area contributed by atoms with E-state index in [-0.39, 0.29) is 28.8 Å². The molecular formula is C30H36FN3O6S. The summed E-state index contributed by atoms with van der Waals surface area (Å²) < 4.78 is 53.2. The number of nitrogens with one attached hydrogen (secondary N) is 1. The quantitative estimate of drug-likeness (QED) is 0.321. The lowest BCUT2D eigenvalue weighted by Gasteiger charge is -2.32. The Balaban J connectivity index is 2.05. The molecule has 1 N–H and O–H groups in total. The van der Waals surface area contributed by atoms with Crippen molar-refractivity contribution in [1.82, 2.24) is 10.2 Å². The molecule has 2 amide bonds. The Kier molecular flexibility index (Phi) is 10.7. The van der Waals surface area contributed by atoms with Gasteiger partial charge in [0.05, 0.1) is 24.8 Å². The van der Waals surface area contributed by atoms with E-state index in [9.17, 15) is 22.4 Å². The first-order valence-corrected chi connectivity index (χ1v) is 14.6. The van der Waals surface area contributed by atoms with Gasteiger partial charge in [-0.05, 0) is 62.2 Å². The third-order valence-electron chi connectivity index (χ3n) is 6.53. The van der Waals surface area contributed by atoms with Crippen LogP contribution in [0.2, 0.25) is 0 Å². The van der Waals surface area contributed by atoms with Crippen LogP contribution in [-0.4, -0.2) is 58.5 Å². The van der Waals surface area contributed by atoms with Gasteiger partial charge in [-0.1, -0.05) is 36.8 Å². The number of nitrogens with zero attached hydrogens (tertiary/aromatic N) is 2. The van der Waals surface area contributed by atoms with Crippen molar-refractivity contribution in [3.8, 4) is 11.5 Å². The highest BCUT2D eigenvalue weighted by Crippen LogP contribution is 2.32. The number of hydrogen-bond acceptors (Lipinski definition) is 6. The molecular weight excluding hydrogens is 549 g/mol. The summed E-state index contributed by atoms with van der Waals surface area (Å²) in [5.41, 5.74) is 1.76. The molecule has 41 heavy (non-hydrogen) atoms. The van der Waals surface area contributed by atoms with Crippen molar-refractivity contribution in [2.75, 3.05) is 31.6 Å². The van der Waals surface area contributed by atoms with Crippen LogP contribution in [0.4, 0.5) is 10.1 Å². The molecule has 0 aromatic heterocycles. The van der Waals surface area contributed by atoms with Crippen LogP contribution in [0.5, 0.6) is 11.5 Å². The van der Waals surface area contributed by atoms with Crippen LogP contribution in [-0.2, 0) is 26.2 Å². The fraction of sp³-hybridized carbons (Fsp3) is 0.333. The molecule has 3 aromatic carbocycles. The van der Waals surface area contributed by atoms with Gasteiger partial charge >= 0.3 is 0 Å². The molecule has 0 aliphatic carbocycles. The molecule has 0 unspecified atom stereocenters. The molecule has 9 nitrogen and oxygen atoms in total. The molecule has 0 heterocycles. The third kappa shape index (κ3) is 7.75. The zero-order valence-corrected chi connectivity index (χ0v) is 24.7. The minimum atomic E-state index is -4.29.